The zero-order valence-electron chi connectivity index (χ0n) is 22.7. The minimum absolute atomic E-state index is 0.177. The van der Waals surface area contributed by atoms with E-state index in [1.54, 1.807) is 0 Å². The normalized spacial score (nSPS) is 45.8. The summed E-state index contributed by atoms with van der Waals surface area (Å²) in [5.74, 6) is 2.54. The highest BCUT2D eigenvalue weighted by Crippen LogP contribution is 2.49. The fourth-order valence-electron chi connectivity index (χ4n) is 9.25. The van der Waals surface area contributed by atoms with Gasteiger partial charge in [0.2, 0.25) is 10.0 Å². The van der Waals surface area contributed by atoms with Crippen molar-refractivity contribution in [3.63, 3.8) is 0 Å². The van der Waals surface area contributed by atoms with E-state index < -0.39 is 16.2 Å². The molecule has 0 amide bonds. The average Bonchev–Trinajstić information content (AvgIpc) is 2.85. The minimum atomic E-state index is -3.30. The van der Waals surface area contributed by atoms with Crippen LogP contribution in [-0.4, -0.2) is 72.5 Å². The molecule has 0 radical (unpaired) electrons. The van der Waals surface area contributed by atoms with Crippen LogP contribution in [0.4, 0.5) is 4.39 Å². The summed E-state index contributed by atoms with van der Waals surface area (Å²) >= 11 is 0. The van der Waals surface area contributed by atoms with Gasteiger partial charge in [0.1, 0.15) is 6.17 Å². The van der Waals surface area contributed by atoms with Crippen molar-refractivity contribution in [1.29, 1.82) is 0 Å². The first-order valence-corrected chi connectivity index (χ1v) is 16.8. The molecule has 0 aromatic carbocycles. The number of fused-ring (bicyclic) bond motifs is 1. The number of rotatable bonds is 5. The summed E-state index contributed by atoms with van der Waals surface area (Å²) in [6, 6.07) is 0.415. The van der Waals surface area contributed by atoms with E-state index >= 15 is 0 Å². The second kappa shape index (κ2) is 11.5. The lowest BCUT2D eigenvalue weighted by atomic mass is 9.61. The average molecular weight is 527 g/mol. The summed E-state index contributed by atoms with van der Waals surface area (Å²) in [6.45, 7) is 6.67. The minimum Gasteiger partial charge on any atom is -0.395 e. The molecule has 1 N–H and O–H groups in total. The molecule has 5 nitrogen and oxygen atoms in total. The Morgan fingerprint density at radius 1 is 0.833 bits per heavy atom. The van der Waals surface area contributed by atoms with Crippen LogP contribution in [0.5, 0.6) is 0 Å². The van der Waals surface area contributed by atoms with Gasteiger partial charge in [-0.25, -0.2) is 17.1 Å². The number of aliphatic hydroxyl groups excluding tert-OH is 1. The van der Waals surface area contributed by atoms with E-state index in [-0.39, 0.29) is 35.8 Å². The van der Waals surface area contributed by atoms with Crippen molar-refractivity contribution in [2.75, 3.05) is 26.2 Å². The Labute approximate surface area is 219 Å². The molecule has 2 heterocycles. The topological polar surface area (TPSA) is 60.9 Å². The van der Waals surface area contributed by atoms with E-state index in [9.17, 15) is 17.9 Å². The summed E-state index contributed by atoms with van der Waals surface area (Å²) in [7, 11) is -3.30. The highest BCUT2D eigenvalue weighted by atomic mass is 32.2. The van der Waals surface area contributed by atoms with Gasteiger partial charge in [0.25, 0.3) is 0 Å². The third kappa shape index (κ3) is 5.16. The van der Waals surface area contributed by atoms with Crippen molar-refractivity contribution in [2.45, 2.75) is 121 Å². The van der Waals surface area contributed by atoms with Crippen molar-refractivity contribution in [1.82, 2.24) is 9.21 Å². The summed E-state index contributed by atoms with van der Waals surface area (Å²) in [5.41, 5.74) is 0. The molecular formula is C29H51FN2O3S. The molecule has 0 aromatic heterocycles. The van der Waals surface area contributed by atoms with Gasteiger partial charge < -0.3 is 5.11 Å². The van der Waals surface area contributed by atoms with Crippen LogP contribution in [0.1, 0.15) is 97.3 Å². The molecule has 0 spiro atoms. The molecule has 2 saturated heterocycles. The highest BCUT2D eigenvalue weighted by Gasteiger charge is 2.53. The molecular weight excluding hydrogens is 475 g/mol. The Hall–Kier alpha value is -0.240. The van der Waals surface area contributed by atoms with Crippen LogP contribution in [-0.2, 0) is 10.0 Å². The van der Waals surface area contributed by atoms with E-state index in [4.69, 9.17) is 0 Å². The number of alkyl halides is 1. The van der Waals surface area contributed by atoms with Crippen LogP contribution in [0, 0.1) is 35.5 Å². The Kier molecular flexibility index (Phi) is 8.71. The Morgan fingerprint density at radius 3 is 2.25 bits per heavy atom. The molecule has 2 aliphatic heterocycles. The fraction of sp³-hybridized carbons (Fsp3) is 1.00. The summed E-state index contributed by atoms with van der Waals surface area (Å²) in [6.07, 6.45) is 12.9. The lowest BCUT2D eigenvalue weighted by Crippen LogP contribution is -2.71. The number of sulfonamides is 1. The van der Waals surface area contributed by atoms with Crippen molar-refractivity contribution in [3.8, 4) is 0 Å². The quantitative estimate of drug-likeness (QED) is 0.533. The second-order valence-corrected chi connectivity index (χ2v) is 15.3. The number of aliphatic hydroxyl groups is 1. The predicted molar refractivity (Wildman–Crippen MR) is 143 cm³/mol. The maximum atomic E-state index is 14.4. The van der Waals surface area contributed by atoms with E-state index in [0.29, 0.717) is 36.8 Å². The SMILES string of the molecule is CC1CCCCC1S(=O)(=O)N1CCCCN2C(C1)[C@H](C1CCC(C3CCCC(F)C3C)CC1)[C@H]2CO. The van der Waals surface area contributed by atoms with Gasteiger partial charge in [-0.15, -0.1) is 0 Å². The Balaban J connectivity index is 1.27. The smallest absolute Gasteiger partial charge is 0.217 e. The largest absolute Gasteiger partial charge is 0.395 e. The number of nitrogens with zero attached hydrogens (tertiary/aromatic N) is 2. The Morgan fingerprint density at radius 2 is 1.53 bits per heavy atom. The van der Waals surface area contributed by atoms with Crippen molar-refractivity contribution < 1.29 is 17.9 Å². The Bertz CT molecular complexity index is 832. The van der Waals surface area contributed by atoms with Crippen molar-refractivity contribution >= 4 is 10.0 Å². The van der Waals surface area contributed by atoms with Gasteiger partial charge >= 0.3 is 0 Å². The lowest BCUT2D eigenvalue weighted by Gasteiger charge is -2.60. The van der Waals surface area contributed by atoms with Gasteiger partial charge in [0.15, 0.2) is 0 Å². The zero-order valence-corrected chi connectivity index (χ0v) is 23.6. The second-order valence-electron chi connectivity index (χ2n) is 13.2. The molecule has 5 aliphatic rings. The lowest BCUT2D eigenvalue weighted by molar-refractivity contribution is -0.123. The molecule has 3 saturated carbocycles. The maximum Gasteiger partial charge on any atom is 0.217 e. The van der Waals surface area contributed by atoms with Crippen molar-refractivity contribution in [3.05, 3.63) is 0 Å². The van der Waals surface area contributed by atoms with Crippen molar-refractivity contribution in [2.24, 2.45) is 35.5 Å². The molecule has 36 heavy (non-hydrogen) atoms. The zero-order chi connectivity index (χ0) is 25.4. The molecule has 208 valence electrons. The maximum absolute atomic E-state index is 14.4. The number of halogens is 1. The molecule has 0 aromatic rings. The van der Waals surface area contributed by atoms with Gasteiger partial charge in [-0.1, -0.05) is 33.1 Å². The van der Waals surface area contributed by atoms with Crippen LogP contribution in [0.25, 0.3) is 0 Å². The summed E-state index contributed by atoms with van der Waals surface area (Å²) in [5, 5.41) is 10.1. The first-order chi connectivity index (χ1) is 17.3. The van der Waals surface area contributed by atoms with Gasteiger partial charge in [0, 0.05) is 25.2 Å². The fourth-order valence-corrected chi connectivity index (χ4v) is 11.6. The summed E-state index contributed by atoms with van der Waals surface area (Å²) < 4.78 is 43.9. The molecule has 6 unspecified atom stereocenters. The molecule has 5 rings (SSSR count). The monoisotopic (exact) mass is 526 g/mol. The predicted octanol–water partition coefficient (Wildman–Crippen LogP) is 5.23. The van der Waals surface area contributed by atoms with Crippen LogP contribution in [0.3, 0.4) is 0 Å². The standard InChI is InChI=1S/C29H51FN2O3S/c1-20-8-3-4-11-28(20)36(34,35)31-16-5-6-17-32-26(18-31)29(27(32)19-33)23-14-12-22(13-15-23)24-9-7-10-25(30)21(24)2/h20-29,33H,3-19H2,1-2H3/t20?,21?,22?,23?,24?,25?,26?,27-,28?,29+/m1/s1. The molecule has 8 atom stereocenters. The van der Waals surface area contributed by atoms with Gasteiger partial charge in [-0.2, -0.15) is 0 Å². The van der Waals surface area contributed by atoms with Crippen LogP contribution >= 0.6 is 0 Å². The number of hydrogen-bond acceptors (Lipinski definition) is 4. The molecule has 7 heteroatoms. The highest BCUT2D eigenvalue weighted by molar-refractivity contribution is 7.89. The van der Waals surface area contributed by atoms with Gasteiger partial charge in [-0.05, 0) is 106 Å². The molecule has 0 bridgehead atoms. The van der Waals surface area contributed by atoms with Crippen LogP contribution in [0.15, 0.2) is 0 Å². The van der Waals surface area contributed by atoms with Crippen LogP contribution < -0.4 is 0 Å². The molecule has 5 fully saturated rings. The third-order valence-electron chi connectivity index (χ3n) is 11.4. The van der Waals surface area contributed by atoms with Gasteiger partial charge in [0.05, 0.1) is 11.9 Å². The first kappa shape index (κ1) is 27.3. The van der Waals surface area contributed by atoms with E-state index in [1.165, 1.54) is 19.3 Å². The first-order valence-electron chi connectivity index (χ1n) is 15.3. The van der Waals surface area contributed by atoms with E-state index in [2.05, 4.69) is 18.7 Å². The molecule has 3 aliphatic carbocycles. The summed E-state index contributed by atoms with van der Waals surface area (Å²) in [4.78, 5) is 2.44. The van der Waals surface area contributed by atoms with E-state index in [0.717, 1.165) is 70.8 Å². The van der Waals surface area contributed by atoms with Gasteiger partial charge in [-0.3, -0.25) is 4.90 Å². The number of hydrogen-bond donors (Lipinski definition) is 1. The van der Waals surface area contributed by atoms with Crippen LogP contribution in [0.2, 0.25) is 0 Å². The van der Waals surface area contributed by atoms with E-state index in [1.807, 2.05) is 4.31 Å². The third-order valence-corrected chi connectivity index (χ3v) is 13.9.